The fourth-order valence-corrected chi connectivity index (χ4v) is 3.13. The molecule has 3 N–H and O–H groups in total. The van der Waals surface area contributed by atoms with Gasteiger partial charge >= 0.3 is 0 Å². The second kappa shape index (κ2) is 8.31. The predicted octanol–water partition coefficient (Wildman–Crippen LogP) is 2.08. The Labute approximate surface area is 144 Å². The summed E-state index contributed by atoms with van der Waals surface area (Å²) in [6, 6.07) is 5.31. The van der Waals surface area contributed by atoms with Crippen molar-refractivity contribution in [1.29, 1.82) is 0 Å². The molecule has 0 bridgehead atoms. The van der Waals surface area contributed by atoms with E-state index in [9.17, 15) is 9.59 Å². The van der Waals surface area contributed by atoms with Gasteiger partial charge in [0.25, 0.3) is 5.91 Å². The Bertz CT molecular complexity index is 580. The summed E-state index contributed by atoms with van der Waals surface area (Å²) in [7, 11) is 0. The van der Waals surface area contributed by atoms with Gasteiger partial charge in [-0.1, -0.05) is 6.92 Å². The molecular formula is C16H22BrN3O3. The maximum absolute atomic E-state index is 12.6. The molecule has 0 spiro atoms. The summed E-state index contributed by atoms with van der Waals surface area (Å²) in [5, 5.41) is 0. The third-order valence-corrected chi connectivity index (χ3v) is 4.48. The first-order valence-corrected chi connectivity index (χ1v) is 8.58. The van der Waals surface area contributed by atoms with E-state index in [1.807, 2.05) is 6.92 Å². The number of ether oxygens (including phenoxy) is 1. The molecule has 1 unspecified atom stereocenters. The van der Waals surface area contributed by atoms with Gasteiger partial charge < -0.3 is 9.64 Å². The smallest absolute Gasteiger partial charge is 0.253 e. The second-order valence-electron chi connectivity index (χ2n) is 5.59. The first-order chi connectivity index (χ1) is 11.1. The molecule has 0 aliphatic carbocycles. The van der Waals surface area contributed by atoms with Crippen molar-refractivity contribution in [2.24, 2.45) is 11.8 Å². The van der Waals surface area contributed by atoms with Crippen LogP contribution in [0, 0.1) is 5.92 Å². The Hall–Kier alpha value is -1.60. The van der Waals surface area contributed by atoms with Crippen LogP contribution in [0.5, 0.6) is 5.75 Å². The first-order valence-electron chi connectivity index (χ1n) is 7.79. The zero-order valence-corrected chi connectivity index (χ0v) is 14.8. The molecule has 1 atom stereocenters. The molecule has 1 heterocycles. The number of carbonyl (C=O) groups excluding carboxylic acids is 2. The van der Waals surface area contributed by atoms with Gasteiger partial charge in [-0.25, -0.2) is 5.84 Å². The lowest BCUT2D eigenvalue weighted by molar-refractivity contribution is -0.126. The summed E-state index contributed by atoms with van der Waals surface area (Å²) in [5.74, 6) is 5.37. The number of rotatable bonds is 5. The number of hydrazine groups is 1. The predicted molar refractivity (Wildman–Crippen MR) is 90.9 cm³/mol. The molecule has 0 saturated carbocycles. The molecule has 7 heteroatoms. The van der Waals surface area contributed by atoms with Crippen molar-refractivity contribution in [1.82, 2.24) is 10.3 Å². The summed E-state index contributed by atoms with van der Waals surface area (Å²) < 4.78 is 6.35. The fourth-order valence-electron chi connectivity index (χ4n) is 2.64. The molecule has 1 fully saturated rings. The highest BCUT2D eigenvalue weighted by Gasteiger charge is 2.28. The van der Waals surface area contributed by atoms with E-state index < -0.39 is 0 Å². The molecule has 2 rings (SSSR count). The molecule has 126 valence electrons. The van der Waals surface area contributed by atoms with Crippen molar-refractivity contribution in [2.45, 2.75) is 26.2 Å². The van der Waals surface area contributed by atoms with Crippen LogP contribution in [-0.2, 0) is 4.79 Å². The molecule has 1 saturated heterocycles. The van der Waals surface area contributed by atoms with Crippen LogP contribution < -0.4 is 16.0 Å². The zero-order valence-electron chi connectivity index (χ0n) is 13.2. The molecule has 6 nitrogen and oxygen atoms in total. The van der Waals surface area contributed by atoms with Gasteiger partial charge in [-0.15, -0.1) is 0 Å². The average molecular weight is 384 g/mol. The van der Waals surface area contributed by atoms with Crippen molar-refractivity contribution in [3.05, 3.63) is 28.2 Å². The van der Waals surface area contributed by atoms with E-state index in [2.05, 4.69) is 21.4 Å². The Balaban J connectivity index is 2.07. The van der Waals surface area contributed by atoms with Crippen LogP contribution in [0.2, 0.25) is 0 Å². The van der Waals surface area contributed by atoms with Gasteiger partial charge in [0.1, 0.15) is 5.75 Å². The van der Waals surface area contributed by atoms with Crippen molar-refractivity contribution < 1.29 is 14.3 Å². The van der Waals surface area contributed by atoms with Crippen molar-refractivity contribution in [2.75, 3.05) is 19.7 Å². The number of halogens is 1. The zero-order chi connectivity index (χ0) is 16.8. The number of nitrogens with two attached hydrogens (primary N) is 1. The Morgan fingerprint density at radius 2 is 2.26 bits per heavy atom. The lowest BCUT2D eigenvalue weighted by Gasteiger charge is -2.31. The van der Waals surface area contributed by atoms with Crippen LogP contribution in [0.15, 0.2) is 22.7 Å². The maximum Gasteiger partial charge on any atom is 0.253 e. The first kappa shape index (κ1) is 17.7. The SMILES string of the molecule is CCCOc1ccc(C(=O)N2CCCC(C(=O)NN)C2)cc1Br. The number of nitrogens with one attached hydrogen (secondary N) is 1. The normalized spacial score (nSPS) is 17.7. The number of hydrogen-bond acceptors (Lipinski definition) is 4. The summed E-state index contributed by atoms with van der Waals surface area (Å²) in [4.78, 5) is 26.0. The largest absolute Gasteiger partial charge is 0.492 e. The van der Waals surface area contributed by atoms with E-state index >= 15 is 0 Å². The Kier molecular flexibility index (Phi) is 6.41. The van der Waals surface area contributed by atoms with Crippen molar-refractivity contribution in [3.8, 4) is 5.75 Å². The van der Waals surface area contributed by atoms with Crippen LogP contribution in [0.3, 0.4) is 0 Å². The lowest BCUT2D eigenvalue weighted by Crippen LogP contribution is -2.47. The third kappa shape index (κ3) is 4.45. The molecular weight excluding hydrogens is 362 g/mol. The molecule has 1 aromatic carbocycles. The highest BCUT2D eigenvalue weighted by molar-refractivity contribution is 9.10. The van der Waals surface area contributed by atoms with Gasteiger partial charge in [-0.3, -0.25) is 15.0 Å². The molecule has 0 aromatic heterocycles. The molecule has 2 amide bonds. The monoisotopic (exact) mass is 383 g/mol. The molecule has 0 radical (unpaired) electrons. The minimum Gasteiger partial charge on any atom is -0.492 e. The summed E-state index contributed by atoms with van der Waals surface area (Å²) in [5.41, 5.74) is 2.75. The van der Waals surface area contributed by atoms with Gasteiger partial charge in [0.05, 0.1) is 17.0 Å². The van der Waals surface area contributed by atoms with Crippen molar-refractivity contribution >= 4 is 27.7 Å². The van der Waals surface area contributed by atoms with Gasteiger partial charge in [0, 0.05) is 18.7 Å². The highest BCUT2D eigenvalue weighted by atomic mass is 79.9. The van der Waals surface area contributed by atoms with E-state index in [4.69, 9.17) is 10.6 Å². The van der Waals surface area contributed by atoms with Gasteiger partial charge in [-0.2, -0.15) is 0 Å². The van der Waals surface area contributed by atoms with Crippen LogP contribution in [-0.4, -0.2) is 36.4 Å². The molecule has 1 aromatic rings. The van der Waals surface area contributed by atoms with Crippen LogP contribution in [0.1, 0.15) is 36.5 Å². The lowest BCUT2D eigenvalue weighted by atomic mass is 9.97. The summed E-state index contributed by atoms with van der Waals surface area (Å²) >= 11 is 3.44. The van der Waals surface area contributed by atoms with Crippen LogP contribution >= 0.6 is 15.9 Å². The Morgan fingerprint density at radius 3 is 2.91 bits per heavy atom. The minimum absolute atomic E-state index is 0.0812. The molecule has 1 aliphatic heterocycles. The van der Waals surface area contributed by atoms with Crippen molar-refractivity contribution in [3.63, 3.8) is 0 Å². The standard InChI is InChI=1S/C16H22BrN3O3/c1-2-8-23-14-6-5-11(9-13(14)17)16(22)20-7-3-4-12(10-20)15(21)19-18/h5-6,9,12H,2-4,7-8,10,18H2,1H3,(H,19,21). The third-order valence-electron chi connectivity index (χ3n) is 3.86. The number of piperidine rings is 1. The summed E-state index contributed by atoms with van der Waals surface area (Å²) in [6.07, 6.45) is 2.47. The second-order valence-corrected chi connectivity index (χ2v) is 6.45. The van der Waals surface area contributed by atoms with E-state index in [0.717, 1.165) is 29.5 Å². The van der Waals surface area contributed by atoms with Gasteiger partial charge in [0.15, 0.2) is 0 Å². The van der Waals surface area contributed by atoms with E-state index in [1.54, 1.807) is 23.1 Å². The average Bonchev–Trinajstić information content (AvgIpc) is 2.59. The number of carbonyl (C=O) groups is 2. The Morgan fingerprint density at radius 1 is 1.48 bits per heavy atom. The molecule has 23 heavy (non-hydrogen) atoms. The number of benzene rings is 1. The number of amides is 2. The van der Waals surface area contributed by atoms with Crippen LogP contribution in [0.4, 0.5) is 0 Å². The number of hydrogen-bond donors (Lipinski definition) is 2. The maximum atomic E-state index is 12.6. The van der Waals surface area contributed by atoms with E-state index in [0.29, 0.717) is 25.3 Å². The minimum atomic E-state index is -0.242. The quantitative estimate of drug-likeness (QED) is 0.463. The number of likely N-dealkylation sites (tertiary alicyclic amines) is 1. The van der Waals surface area contributed by atoms with Gasteiger partial charge in [0.2, 0.25) is 5.91 Å². The van der Waals surface area contributed by atoms with Gasteiger partial charge in [-0.05, 0) is 53.4 Å². The van der Waals surface area contributed by atoms with E-state index in [-0.39, 0.29) is 17.7 Å². The number of nitrogens with zero attached hydrogens (tertiary/aromatic N) is 1. The van der Waals surface area contributed by atoms with E-state index in [1.165, 1.54) is 0 Å². The van der Waals surface area contributed by atoms with Crippen LogP contribution in [0.25, 0.3) is 0 Å². The highest BCUT2D eigenvalue weighted by Crippen LogP contribution is 2.27. The molecule has 1 aliphatic rings. The fraction of sp³-hybridized carbons (Fsp3) is 0.500. The topological polar surface area (TPSA) is 84.7 Å². The summed E-state index contributed by atoms with van der Waals surface area (Å²) in [6.45, 7) is 3.72.